The third-order valence-corrected chi connectivity index (χ3v) is 1.45. The fourth-order valence-electron chi connectivity index (χ4n) is 0.983. The van der Waals surface area contributed by atoms with Crippen molar-refractivity contribution in [3.05, 3.63) is 17.5 Å². The minimum atomic E-state index is -4.46. The molecule has 0 fully saturated rings. The van der Waals surface area contributed by atoms with Gasteiger partial charge in [0, 0.05) is 11.6 Å². The first kappa shape index (κ1) is 10.0. The molecule has 0 spiro atoms. The molecule has 1 aromatic rings. The van der Waals surface area contributed by atoms with Crippen LogP contribution >= 0.6 is 0 Å². The van der Waals surface area contributed by atoms with Crippen LogP contribution in [-0.4, -0.2) is 11.2 Å². The van der Waals surface area contributed by atoms with Gasteiger partial charge in [-0.1, -0.05) is 5.16 Å². The molecule has 1 heterocycles. The Balaban J connectivity index is 2.90. The lowest BCUT2D eigenvalue weighted by Gasteiger charge is -2.06. The average molecular weight is 194 g/mol. The first-order valence-electron chi connectivity index (χ1n) is 3.67. The van der Waals surface area contributed by atoms with Gasteiger partial charge in [-0.15, -0.1) is 0 Å². The predicted octanol–water partition coefficient (Wildman–Crippen LogP) is 1.58. The highest BCUT2D eigenvalue weighted by Gasteiger charge is 2.37. The van der Waals surface area contributed by atoms with Crippen molar-refractivity contribution in [2.45, 2.75) is 25.6 Å². The molecule has 0 saturated heterocycles. The molecule has 1 aromatic heterocycles. The van der Waals surface area contributed by atoms with E-state index in [1.165, 1.54) is 0 Å². The van der Waals surface area contributed by atoms with Gasteiger partial charge in [-0.2, -0.15) is 13.2 Å². The molecule has 0 amide bonds. The van der Waals surface area contributed by atoms with Crippen molar-refractivity contribution in [3.8, 4) is 0 Å². The molecule has 0 aliphatic heterocycles. The monoisotopic (exact) mass is 194 g/mol. The average Bonchev–Trinajstić information content (AvgIpc) is 2.31. The Morgan fingerprint density at radius 1 is 1.62 bits per heavy atom. The predicted molar refractivity (Wildman–Crippen MR) is 38.9 cm³/mol. The largest absolute Gasteiger partial charge is 0.437 e. The summed E-state index contributed by atoms with van der Waals surface area (Å²) in [5, 5.41) is 2.88. The normalized spacial score (nSPS) is 14.5. The second-order valence-electron chi connectivity index (χ2n) is 2.87. The minimum Gasteiger partial charge on any atom is -0.364 e. The summed E-state index contributed by atoms with van der Waals surface area (Å²) in [6.45, 7) is 1.62. The summed E-state index contributed by atoms with van der Waals surface area (Å²) in [6.07, 6.45) is -3.37. The van der Waals surface area contributed by atoms with E-state index in [2.05, 4.69) is 9.68 Å². The number of alkyl halides is 3. The Hall–Kier alpha value is -1.04. The van der Waals surface area contributed by atoms with Gasteiger partial charge < -0.3 is 10.3 Å². The Bertz CT molecular complexity index is 280. The van der Waals surface area contributed by atoms with Crippen LogP contribution in [-0.2, 0) is 12.6 Å². The number of halogens is 3. The number of hydrogen-bond donors (Lipinski definition) is 1. The molecule has 0 aromatic carbocycles. The smallest absolute Gasteiger partial charge is 0.364 e. The van der Waals surface area contributed by atoms with Crippen molar-refractivity contribution >= 4 is 0 Å². The number of nitrogens with two attached hydrogens (primary N) is 1. The summed E-state index contributed by atoms with van der Waals surface area (Å²) in [5.74, 6) is 0. The highest BCUT2D eigenvalue weighted by molar-refractivity contribution is 5.18. The Morgan fingerprint density at radius 3 is 2.69 bits per heavy atom. The van der Waals surface area contributed by atoms with Crippen molar-refractivity contribution in [3.63, 3.8) is 0 Å². The van der Waals surface area contributed by atoms with E-state index < -0.39 is 11.9 Å². The lowest BCUT2D eigenvalue weighted by atomic mass is 10.1. The highest BCUT2D eigenvalue weighted by atomic mass is 19.4. The zero-order valence-corrected chi connectivity index (χ0v) is 6.93. The summed E-state index contributed by atoms with van der Waals surface area (Å²) >= 11 is 0. The molecule has 74 valence electrons. The summed E-state index contributed by atoms with van der Waals surface area (Å²) in [4.78, 5) is 0. The Kier molecular flexibility index (Phi) is 2.60. The summed E-state index contributed by atoms with van der Waals surface area (Å²) < 4.78 is 40.8. The van der Waals surface area contributed by atoms with Crippen LogP contribution in [0.2, 0.25) is 0 Å². The van der Waals surface area contributed by atoms with Crippen molar-refractivity contribution < 1.29 is 17.7 Å². The minimum absolute atomic E-state index is 0.00231. The number of aromatic nitrogens is 1. The number of hydrogen-bond acceptors (Lipinski definition) is 3. The van der Waals surface area contributed by atoms with Crippen molar-refractivity contribution in [1.29, 1.82) is 0 Å². The van der Waals surface area contributed by atoms with E-state index >= 15 is 0 Å². The molecule has 0 saturated carbocycles. The molecule has 0 aliphatic carbocycles. The van der Waals surface area contributed by atoms with Gasteiger partial charge in [0.2, 0.25) is 0 Å². The summed E-state index contributed by atoms with van der Waals surface area (Å²) in [7, 11) is 0. The van der Waals surface area contributed by atoms with Gasteiger partial charge in [0.1, 0.15) is 6.26 Å². The highest BCUT2D eigenvalue weighted by Crippen LogP contribution is 2.30. The van der Waals surface area contributed by atoms with Crippen molar-refractivity contribution in [1.82, 2.24) is 5.16 Å². The van der Waals surface area contributed by atoms with Gasteiger partial charge in [0.25, 0.3) is 0 Å². The number of nitrogens with zero attached hydrogens (tertiary/aromatic N) is 1. The van der Waals surface area contributed by atoms with E-state index in [1.54, 1.807) is 6.92 Å². The maximum Gasteiger partial charge on any atom is 0.437 e. The van der Waals surface area contributed by atoms with Gasteiger partial charge in [-0.3, -0.25) is 0 Å². The standard InChI is InChI=1S/C7H9F3N2O/c1-4(11)2-5-3-13-12-6(5)7(8,9)10/h3-4H,2,11H2,1H3. The molecule has 6 heteroatoms. The van der Waals surface area contributed by atoms with E-state index in [0.29, 0.717) is 0 Å². The maximum absolute atomic E-state index is 12.2. The number of rotatable bonds is 2. The van der Waals surface area contributed by atoms with Gasteiger partial charge in [-0.05, 0) is 13.3 Å². The molecule has 0 bridgehead atoms. The van der Waals surface area contributed by atoms with E-state index in [-0.39, 0.29) is 18.0 Å². The second-order valence-corrected chi connectivity index (χ2v) is 2.87. The maximum atomic E-state index is 12.2. The molecule has 0 aliphatic rings. The van der Waals surface area contributed by atoms with E-state index in [1.807, 2.05) is 0 Å². The summed E-state index contributed by atoms with van der Waals surface area (Å²) in [5.41, 5.74) is 4.38. The molecular formula is C7H9F3N2O. The topological polar surface area (TPSA) is 52.0 Å². The van der Waals surface area contributed by atoms with Gasteiger partial charge in [-0.25, -0.2) is 0 Å². The molecule has 1 rings (SSSR count). The SMILES string of the molecule is CC(N)Cc1conc1C(F)(F)F. The quantitative estimate of drug-likeness (QED) is 0.777. The van der Waals surface area contributed by atoms with Gasteiger partial charge in [0.15, 0.2) is 5.69 Å². The van der Waals surface area contributed by atoms with E-state index in [9.17, 15) is 13.2 Å². The second kappa shape index (κ2) is 3.37. The molecule has 0 radical (unpaired) electrons. The van der Waals surface area contributed by atoms with Crippen LogP contribution in [0.15, 0.2) is 10.8 Å². The molecule has 1 atom stereocenters. The summed E-state index contributed by atoms with van der Waals surface area (Å²) in [6, 6.07) is -0.347. The lowest BCUT2D eigenvalue weighted by Crippen LogP contribution is -2.20. The fraction of sp³-hybridized carbons (Fsp3) is 0.571. The van der Waals surface area contributed by atoms with Crippen LogP contribution in [0.1, 0.15) is 18.2 Å². The van der Waals surface area contributed by atoms with Crippen LogP contribution < -0.4 is 5.73 Å². The molecule has 13 heavy (non-hydrogen) atoms. The fourth-order valence-corrected chi connectivity index (χ4v) is 0.983. The Labute approximate surface area is 72.7 Å². The van der Waals surface area contributed by atoms with E-state index in [4.69, 9.17) is 5.73 Å². The van der Waals surface area contributed by atoms with E-state index in [0.717, 1.165) is 6.26 Å². The molecule has 2 N–H and O–H groups in total. The lowest BCUT2D eigenvalue weighted by molar-refractivity contribution is -0.143. The van der Waals surface area contributed by atoms with Gasteiger partial charge >= 0.3 is 6.18 Å². The first-order chi connectivity index (χ1) is 5.91. The van der Waals surface area contributed by atoms with Crippen LogP contribution in [0, 0.1) is 0 Å². The van der Waals surface area contributed by atoms with Crippen LogP contribution in [0.5, 0.6) is 0 Å². The molecule has 3 nitrogen and oxygen atoms in total. The van der Waals surface area contributed by atoms with Crippen LogP contribution in [0.4, 0.5) is 13.2 Å². The third-order valence-electron chi connectivity index (χ3n) is 1.45. The molecule has 1 unspecified atom stereocenters. The third kappa shape index (κ3) is 2.45. The van der Waals surface area contributed by atoms with Crippen molar-refractivity contribution in [2.75, 3.05) is 0 Å². The van der Waals surface area contributed by atoms with Crippen molar-refractivity contribution in [2.24, 2.45) is 5.73 Å². The van der Waals surface area contributed by atoms with Crippen LogP contribution in [0.25, 0.3) is 0 Å². The zero-order valence-electron chi connectivity index (χ0n) is 6.93. The zero-order chi connectivity index (χ0) is 10.1. The molecular weight excluding hydrogens is 185 g/mol. The first-order valence-corrected chi connectivity index (χ1v) is 3.67. The van der Waals surface area contributed by atoms with Gasteiger partial charge in [0.05, 0.1) is 0 Å². The Morgan fingerprint density at radius 2 is 2.23 bits per heavy atom. The van der Waals surface area contributed by atoms with Crippen LogP contribution in [0.3, 0.4) is 0 Å².